The van der Waals surface area contributed by atoms with E-state index in [1.165, 1.54) is 6.20 Å². The molecule has 3 N–H and O–H groups in total. The first kappa shape index (κ1) is 18.1. The molecule has 28 heavy (non-hydrogen) atoms. The SMILES string of the molecule is Cc1ccncc1-c1cc2cc(NC(=O)[C@H]3C[C@@H]3C(F)(F)F)ncc2c(N)n1. The third kappa shape index (κ3) is 3.35. The van der Waals surface area contributed by atoms with Gasteiger partial charge in [-0.1, -0.05) is 0 Å². The van der Waals surface area contributed by atoms with E-state index in [4.69, 9.17) is 5.73 Å². The fourth-order valence-electron chi connectivity index (χ4n) is 3.18. The summed E-state index contributed by atoms with van der Waals surface area (Å²) in [5, 5.41) is 3.72. The molecule has 3 aromatic rings. The first-order valence-corrected chi connectivity index (χ1v) is 8.59. The van der Waals surface area contributed by atoms with Crippen molar-refractivity contribution < 1.29 is 18.0 Å². The highest BCUT2D eigenvalue weighted by molar-refractivity contribution is 5.98. The number of carbonyl (C=O) groups is 1. The number of carbonyl (C=O) groups excluding carboxylic acids is 1. The maximum Gasteiger partial charge on any atom is 0.392 e. The Bertz CT molecular complexity index is 1080. The van der Waals surface area contributed by atoms with E-state index in [0.29, 0.717) is 16.5 Å². The Kier molecular flexibility index (Phi) is 4.17. The van der Waals surface area contributed by atoms with Crippen molar-refractivity contribution in [2.45, 2.75) is 19.5 Å². The summed E-state index contributed by atoms with van der Waals surface area (Å²) in [6.45, 7) is 1.92. The molecular weight excluding hydrogens is 371 g/mol. The van der Waals surface area contributed by atoms with Gasteiger partial charge in [0.25, 0.3) is 0 Å². The lowest BCUT2D eigenvalue weighted by Gasteiger charge is -2.10. The first-order valence-electron chi connectivity index (χ1n) is 8.59. The van der Waals surface area contributed by atoms with E-state index in [2.05, 4.69) is 20.3 Å². The quantitative estimate of drug-likeness (QED) is 0.714. The maximum atomic E-state index is 12.7. The molecule has 1 fully saturated rings. The van der Waals surface area contributed by atoms with Crippen molar-refractivity contribution >= 4 is 28.3 Å². The number of nitrogens with one attached hydrogen (secondary N) is 1. The van der Waals surface area contributed by atoms with E-state index >= 15 is 0 Å². The second-order valence-electron chi connectivity index (χ2n) is 6.85. The van der Waals surface area contributed by atoms with Crippen LogP contribution in [0.3, 0.4) is 0 Å². The predicted molar refractivity (Wildman–Crippen MR) is 98.2 cm³/mol. The number of aromatic nitrogens is 3. The molecule has 3 heterocycles. The van der Waals surface area contributed by atoms with Gasteiger partial charge in [0.1, 0.15) is 11.6 Å². The van der Waals surface area contributed by atoms with Crippen LogP contribution in [-0.2, 0) is 4.79 Å². The molecule has 1 saturated carbocycles. The molecule has 0 aliphatic heterocycles. The molecule has 0 unspecified atom stereocenters. The monoisotopic (exact) mass is 387 g/mol. The standard InChI is InChI=1S/C19H16F3N5O/c1-9-2-3-24-7-12(9)15-4-10-5-16(25-8-13(10)17(23)26-15)27-18(28)11-6-14(11)19(20,21)22/h2-5,7-8,11,14H,6H2,1H3,(H2,23,26)(H,25,27,28)/t11-,14-/m0/s1. The summed E-state index contributed by atoms with van der Waals surface area (Å²) in [5.74, 6) is -2.88. The lowest BCUT2D eigenvalue weighted by Crippen LogP contribution is -2.20. The van der Waals surface area contributed by atoms with E-state index in [0.717, 1.165) is 11.1 Å². The number of amides is 1. The first-order chi connectivity index (χ1) is 13.2. The molecular formula is C19H16F3N5O. The van der Waals surface area contributed by atoms with Gasteiger partial charge in [-0.2, -0.15) is 13.2 Å². The Balaban J connectivity index is 1.63. The van der Waals surface area contributed by atoms with Crippen LogP contribution in [0.1, 0.15) is 12.0 Å². The summed E-state index contributed by atoms with van der Waals surface area (Å²) in [6, 6.07) is 5.20. The molecule has 2 atom stereocenters. The van der Waals surface area contributed by atoms with Crippen molar-refractivity contribution in [3.05, 3.63) is 42.4 Å². The topological polar surface area (TPSA) is 93.8 Å². The van der Waals surface area contributed by atoms with E-state index in [1.54, 1.807) is 24.5 Å². The second-order valence-corrected chi connectivity index (χ2v) is 6.85. The van der Waals surface area contributed by atoms with Gasteiger partial charge in [-0.05, 0) is 42.5 Å². The molecule has 1 aliphatic rings. The highest BCUT2D eigenvalue weighted by Crippen LogP contribution is 2.50. The number of anilines is 2. The number of alkyl halides is 3. The molecule has 9 heteroatoms. The van der Waals surface area contributed by atoms with Crippen LogP contribution < -0.4 is 11.1 Å². The number of hydrogen-bond donors (Lipinski definition) is 2. The molecule has 4 rings (SSSR count). The van der Waals surface area contributed by atoms with E-state index < -0.39 is 23.9 Å². The predicted octanol–water partition coefficient (Wildman–Crippen LogP) is 3.72. The van der Waals surface area contributed by atoms with E-state index in [1.807, 2.05) is 13.0 Å². The zero-order chi connectivity index (χ0) is 20.1. The number of aryl methyl sites for hydroxylation is 1. The zero-order valence-corrected chi connectivity index (χ0v) is 14.8. The summed E-state index contributed by atoms with van der Waals surface area (Å²) in [5.41, 5.74) is 8.42. The fourth-order valence-corrected chi connectivity index (χ4v) is 3.18. The minimum Gasteiger partial charge on any atom is -0.383 e. The minimum atomic E-state index is -4.35. The molecule has 0 radical (unpaired) electrons. The van der Waals surface area contributed by atoms with Gasteiger partial charge in [-0.25, -0.2) is 9.97 Å². The number of hydrogen-bond acceptors (Lipinski definition) is 5. The number of nitrogens with two attached hydrogens (primary N) is 1. The van der Waals surface area contributed by atoms with Crippen LogP contribution in [0, 0.1) is 18.8 Å². The van der Waals surface area contributed by atoms with Gasteiger partial charge in [-0.3, -0.25) is 9.78 Å². The van der Waals surface area contributed by atoms with Crippen LogP contribution in [0.2, 0.25) is 0 Å². The zero-order valence-electron chi connectivity index (χ0n) is 14.8. The van der Waals surface area contributed by atoms with Crippen LogP contribution in [0.15, 0.2) is 36.8 Å². The van der Waals surface area contributed by atoms with Gasteiger partial charge >= 0.3 is 6.18 Å². The molecule has 1 aliphatic carbocycles. The van der Waals surface area contributed by atoms with Crippen molar-refractivity contribution in [1.29, 1.82) is 0 Å². The van der Waals surface area contributed by atoms with Gasteiger partial charge in [0.2, 0.25) is 5.91 Å². The molecule has 0 saturated heterocycles. The normalized spacial score (nSPS) is 18.9. The van der Waals surface area contributed by atoms with Gasteiger partial charge in [0, 0.05) is 29.5 Å². The minimum absolute atomic E-state index is 0.171. The Hall–Kier alpha value is -3.23. The van der Waals surface area contributed by atoms with E-state index in [9.17, 15) is 18.0 Å². The Morgan fingerprint density at radius 1 is 1.29 bits per heavy atom. The Morgan fingerprint density at radius 3 is 2.75 bits per heavy atom. The number of pyridine rings is 3. The summed E-state index contributed by atoms with van der Waals surface area (Å²) < 4.78 is 38.0. The average Bonchev–Trinajstić information content (AvgIpc) is 3.43. The van der Waals surface area contributed by atoms with Crippen LogP contribution in [0.4, 0.5) is 24.8 Å². The van der Waals surface area contributed by atoms with E-state index in [-0.39, 0.29) is 18.1 Å². The third-order valence-corrected chi connectivity index (χ3v) is 4.86. The number of nitrogens with zero attached hydrogens (tertiary/aromatic N) is 3. The number of rotatable bonds is 3. The largest absolute Gasteiger partial charge is 0.392 e. The highest BCUT2D eigenvalue weighted by Gasteiger charge is 2.58. The Labute approximate surface area is 158 Å². The fraction of sp³-hybridized carbons (Fsp3) is 0.263. The third-order valence-electron chi connectivity index (χ3n) is 4.86. The van der Waals surface area contributed by atoms with Gasteiger partial charge in [-0.15, -0.1) is 0 Å². The molecule has 0 aromatic carbocycles. The lowest BCUT2D eigenvalue weighted by molar-refractivity contribution is -0.153. The van der Waals surface area contributed by atoms with Crippen molar-refractivity contribution in [2.24, 2.45) is 11.8 Å². The van der Waals surface area contributed by atoms with Crippen LogP contribution >= 0.6 is 0 Å². The lowest BCUT2D eigenvalue weighted by atomic mass is 10.1. The molecule has 3 aromatic heterocycles. The molecule has 144 valence electrons. The van der Waals surface area contributed by atoms with Crippen molar-refractivity contribution in [3.8, 4) is 11.3 Å². The summed E-state index contributed by atoms with van der Waals surface area (Å²) in [7, 11) is 0. The maximum absolute atomic E-state index is 12.7. The smallest absolute Gasteiger partial charge is 0.383 e. The second kappa shape index (κ2) is 6.43. The molecule has 1 amide bonds. The number of halogens is 3. The summed E-state index contributed by atoms with van der Waals surface area (Å²) in [4.78, 5) is 24.6. The van der Waals surface area contributed by atoms with Crippen LogP contribution in [0.25, 0.3) is 22.0 Å². The average molecular weight is 387 g/mol. The van der Waals surface area contributed by atoms with Crippen LogP contribution in [-0.4, -0.2) is 27.0 Å². The molecule has 6 nitrogen and oxygen atoms in total. The molecule has 0 bridgehead atoms. The molecule has 0 spiro atoms. The van der Waals surface area contributed by atoms with Gasteiger partial charge < -0.3 is 11.1 Å². The van der Waals surface area contributed by atoms with Crippen molar-refractivity contribution in [1.82, 2.24) is 15.0 Å². The Morgan fingerprint density at radius 2 is 2.07 bits per heavy atom. The number of fused-ring (bicyclic) bond motifs is 1. The number of nitrogen functional groups attached to an aromatic ring is 1. The van der Waals surface area contributed by atoms with Gasteiger partial charge in [0.15, 0.2) is 0 Å². The summed E-state index contributed by atoms with van der Waals surface area (Å²) in [6.07, 6.45) is 0.255. The van der Waals surface area contributed by atoms with Crippen LogP contribution in [0.5, 0.6) is 0 Å². The summed E-state index contributed by atoms with van der Waals surface area (Å²) >= 11 is 0. The van der Waals surface area contributed by atoms with Gasteiger partial charge in [0.05, 0.1) is 17.5 Å². The van der Waals surface area contributed by atoms with Crippen molar-refractivity contribution in [3.63, 3.8) is 0 Å². The van der Waals surface area contributed by atoms with Crippen molar-refractivity contribution in [2.75, 3.05) is 11.1 Å². The highest BCUT2D eigenvalue weighted by atomic mass is 19.4.